The Hall–Kier alpha value is -1.82. The topological polar surface area (TPSA) is 43.8 Å². The first-order valence-corrected chi connectivity index (χ1v) is 6.89. The summed E-state index contributed by atoms with van der Waals surface area (Å²) in [5, 5.41) is 4.46. The largest absolute Gasteiger partial charge is 0.416 e. The Morgan fingerprint density at radius 1 is 1.24 bits per heavy atom. The molecule has 0 spiro atoms. The van der Waals surface area contributed by atoms with E-state index in [0.717, 1.165) is 48.3 Å². The highest BCUT2D eigenvalue weighted by Crippen LogP contribution is 2.33. The van der Waals surface area contributed by atoms with Crippen molar-refractivity contribution in [1.82, 2.24) is 9.78 Å². The van der Waals surface area contributed by atoms with Crippen LogP contribution in [-0.4, -0.2) is 9.78 Å². The normalized spacial score (nSPS) is 18.6. The minimum Gasteiger partial charge on any atom is -0.324 e. The molecule has 0 amide bonds. The lowest BCUT2D eigenvalue weighted by atomic mass is 9.92. The molecule has 1 aliphatic carbocycles. The molecule has 0 fully saturated rings. The van der Waals surface area contributed by atoms with Gasteiger partial charge in [-0.2, -0.15) is 18.3 Å². The zero-order valence-electron chi connectivity index (χ0n) is 11.6. The summed E-state index contributed by atoms with van der Waals surface area (Å²) in [5.41, 5.74) is 9.03. The number of nitrogens with two attached hydrogens (primary N) is 1. The van der Waals surface area contributed by atoms with Gasteiger partial charge in [-0.25, -0.2) is 4.68 Å². The van der Waals surface area contributed by atoms with Crippen LogP contribution in [0, 0.1) is 6.92 Å². The number of hydrogen-bond acceptors (Lipinski definition) is 2. The van der Waals surface area contributed by atoms with E-state index in [2.05, 4.69) is 5.10 Å². The van der Waals surface area contributed by atoms with Gasteiger partial charge in [0.1, 0.15) is 0 Å². The zero-order valence-corrected chi connectivity index (χ0v) is 11.6. The molecule has 0 saturated carbocycles. The third-order valence-electron chi connectivity index (χ3n) is 3.95. The lowest BCUT2D eigenvalue weighted by Gasteiger charge is -2.20. The van der Waals surface area contributed by atoms with Gasteiger partial charge in [-0.1, -0.05) is 0 Å². The molecule has 1 aromatic carbocycles. The van der Waals surface area contributed by atoms with E-state index in [9.17, 15) is 13.2 Å². The SMILES string of the molecule is Cc1nn(-c2ccc(C(F)(F)F)cc2)c2c1C(N)CCC2. The molecule has 0 radical (unpaired) electrons. The minimum atomic E-state index is -4.32. The fourth-order valence-corrected chi connectivity index (χ4v) is 2.95. The molecule has 2 aromatic rings. The third-order valence-corrected chi connectivity index (χ3v) is 3.95. The molecule has 6 heteroatoms. The van der Waals surface area contributed by atoms with E-state index < -0.39 is 11.7 Å². The van der Waals surface area contributed by atoms with Gasteiger partial charge in [0, 0.05) is 17.3 Å². The number of hydrogen-bond donors (Lipinski definition) is 1. The summed E-state index contributed by atoms with van der Waals surface area (Å²) in [6, 6.07) is 5.05. The summed E-state index contributed by atoms with van der Waals surface area (Å²) >= 11 is 0. The van der Waals surface area contributed by atoms with Gasteiger partial charge in [-0.05, 0) is 50.5 Å². The predicted molar refractivity (Wildman–Crippen MR) is 73.2 cm³/mol. The fourth-order valence-electron chi connectivity index (χ4n) is 2.95. The van der Waals surface area contributed by atoms with E-state index in [1.807, 2.05) is 6.92 Å². The smallest absolute Gasteiger partial charge is 0.324 e. The van der Waals surface area contributed by atoms with Crippen LogP contribution >= 0.6 is 0 Å². The van der Waals surface area contributed by atoms with Crippen molar-refractivity contribution < 1.29 is 13.2 Å². The molecule has 3 nitrogen and oxygen atoms in total. The molecule has 21 heavy (non-hydrogen) atoms. The van der Waals surface area contributed by atoms with Gasteiger partial charge in [-0.15, -0.1) is 0 Å². The number of fused-ring (bicyclic) bond motifs is 1. The van der Waals surface area contributed by atoms with E-state index in [4.69, 9.17) is 5.73 Å². The summed E-state index contributed by atoms with van der Waals surface area (Å²) < 4.78 is 39.6. The molecule has 2 N–H and O–H groups in total. The van der Waals surface area contributed by atoms with E-state index in [-0.39, 0.29) is 6.04 Å². The Morgan fingerprint density at radius 2 is 1.90 bits per heavy atom. The van der Waals surface area contributed by atoms with Crippen LogP contribution < -0.4 is 5.73 Å². The first-order chi connectivity index (χ1) is 9.88. The maximum atomic E-state index is 12.6. The van der Waals surface area contributed by atoms with Crippen molar-refractivity contribution >= 4 is 0 Å². The lowest BCUT2D eigenvalue weighted by Crippen LogP contribution is -2.18. The first kappa shape index (κ1) is 14.1. The second kappa shape index (κ2) is 4.87. The van der Waals surface area contributed by atoms with E-state index in [1.165, 1.54) is 12.1 Å². The summed E-state index contributed by atoms with van der Waals surface area (Å²) in [6.07, 6.45) is -1.57. The van der Waals surface area contributed by atoms with Crippen LogP contribution in [0.25, 0.3) is 5.69 Å². The van der Waals surface area contributed by atoms with Crippen molar-refractivity contribution in [2.24, 2.45) is 5.73 Å². The monoisotopic (exact) mass is 295 g/mol. The van der Waals surface area contributed by atoms with Crippen molar-refractivity contribution in [3.05, 3.63) is 46.8 Å². The van der Waals surface area contributed by atoms with Crippen LogP contribution in [0.2, 0.25) is 0 Å². The highest BCUT2D eigenvalue weighted by Gasteiger charge is 2.30. The Labute approximate surface area is 120 Å². The number of aryl methyl sites for hydroxylation is 1. The van der Waals surface area contributed by atoms with Crippen LogP contribution in [0.4, 0.5) is 13.2 Å². The van der Waals surface area contributed by atoms with Gasteiger partial charge < -0.3 is 5.73 Å². The number of aromatic nitrogens is 2. The highest BCUT2D eigenvalue weighted by atomic mass is 19.4. The van der Waals surface area contributed by atoms with Gasteiger partial charge in [0.05, 0.1) is 16.9 Å². The summed E-state index contributed by atoms with van der Waals surface area (Å²) in [7, 11) is 0. The second-order valence-corrected chi connectivity index (χ2v) is 5.40. The average molecular weight is 295 g/mol. The molecular formula is C15H16F3N3. The standard InChI is InChI=1S/C15H16F3N3/c1-9-14-12(19)3-2-4-13(14)21(20-9)11-7-5-10(6-8-11)15(16,17)18/h5-8,12H,2-4,19H2,1H3. The predicted octanol–water partition coefficient (Wildman–Crippen LogP) is 3.54. The van der Waals surface area contributed by atoms with Crippen LogP contribution in [0.1, 0.15) is 41.4 Å². The Morgan fingerprint density at radius 3 is 2.52 bits per heavy atom. The number of benzene rings is 1. The van der Waals surface area contributed by atoms with Crippen molar-refractivity contribution in [2.75, 3.05) is 0 Å². The summed E-state index contributed by atoms with van der Waals surface area (Å²) in [4.78, 5) is 0. The van der Waals surface area contributed by atoms with E-state index in [0.29, 0.717) is 5.69 Å². The van der Waals surface area contributed by atoms with Gasteiger partial charge in [0.2, 0.25) is 0 Å². The number of rotatable bonds is 1. The van der Waals surface area contributed by atoms with Gasteiger partial charge >= 0.3 is 6.18 Å². The molecule has 0 bridgehead atoms. The number of halogens is 3. The summed E-state index contributed by atoms with van der Waals surface area (Å²) in [6.45, 7) is 1.89. The maximum Gasteiger partial charge on any atom is 0.416 e. The fraction of sp³-hybridized carbons (Fsp3) is 0.400. The quantitative estimate of drug-likeness (QED) is 0.874. The zero-order chi connectivity index (χ0) is 15.2. The van der Waals surface area contributed by atoms with Crippen molar-refractivity contribution in [3.8, 4) is 5.69 Å². The van der Waals surface area contributed by atoms with Crippen LogP contribution in [-0.2, 0) is 12.6 Å². The maximum absolute atomic E-state index is 12.6. The van der Waals surface area contributed by atoms with E-state index >= 15 is 0 Å². The second-order valence-electron chi connectivity index (χ2n) is 5.40. The lowest BCUT2D eigenvalue weighted by molar-refractivity contribution is -0.137. The molecule has 112 valence electrons. The Kier molecular flexibility index (Phi) is 3.28. The average Bonchev–Trinajstić information content (AvgIpc) is 2.77. The van der Waals surface area contributed by atoms with Crippen LogP contribution in [0.3, 0.4) is 0 Å². The molecule has 0 aliphatic heterocycles. The Bertz CT molecular complexity index is 656. The van der Waals surface area contributed by atoms with Gasteiger partial charge in [0.25, 0.3) is 0 Å². The number of alkyl halides is 3. The molecule has 1 atom stereocenters. The molecule has 0 saturated heterocycles. The van der Waals surface area contributed by atoms with Crippen LogP contribution in [0.5, 0.6) is 0 Å². The van der Waals surface area contributed by atoms with E-state index in [1.54, 1.807) is 4.68 Å². The molecule has 3 rings (SSSR count). The molecule has 1 unspecified atom stereocenters. The van der Waals surface area contributed by atoms with Crippen LogP contribution in [0.15, 0.2) is 24.3 Å². The molecule has 1 heterocycles. The number of nitrogens with zero attached hydrogens (tertiary/aromatic N) is 2. The molecular weight excluding hydrogens is 279 g/mol. The highest BCUT2D eigenvalue weighted by molar-refractivity contribution is 5.41. The van der Waals surface area contributed by atoms with Gasteiger partial charge in [-0.3, -0.25) is 0 Å². The van der Waals surface area contributed by atoms with Crippen molar-refractivity contribution in [3.63, 3.8) is 0 Å². The van der Waals surface area contributed by atoms with Gasteiger partial charge in [0.15, 0.2) is 0 Å². The molecule has 1 aromatic heterocycles. The molecule has 1 aliphatic rings. The first-order valence-electron chi connectivity index (χ1n) is 6.89. The Balaban J connectivity index is 2.04. The minimum absolute atomic E-state index is 0.0306. The van der Waals surface area contributed by atoms with Crippen molar-refractivity contribution in [1.29, 1.82) is 0 Å². The third kappa shape index (κ3) is 2.44. The van der Waals surface area contributed by atoms with Crippen molar-refractivity contribution in [2.45, 2.75) is 38.4 Å². The summed E-state index contributed by atoms with van der Waals surface area (Å²) in [5.74, 6) is 0.